The lowest BCUT2D eigenvalue weighted by Crippen LogP contribution is -2.39. The molecule has 2 aromatic heterocycles. The minimum absolute atomic E-state index is 0.0376. The van der Waals surface area contributed by atoms with Gasteiger partial charge in [-0.25, -0.2) is 9.80 Å². The molecule has 9 heteroatoms. The van der Waals surface area contributed by atoms with Gasteiger partial charge in [0.25, 0.3) is 5.56 Å². The van der Waals surface area contributed by atoms with Crippen LogP contribution >= 0.6 is 0 Å². The van der Waals surface area contributed by atoms with Gasteiger partial charge < -0.3 is 5.11 Å². The number of aliphatic hydroxyl groups excluding tert-OH is 1. The molecule has 0 spiro atoms. The maximum absolute atomic E-state index is 12.8. The van der Waals surface area contributed by atoms with Gasteiger partial charge in [0, 0.05) is 26.7 Å². The molecule has 0 aromatic carbocycles. The molecule has 0 aliphatic carbocycles. The maximum Gasteiger partial charge on any atom is 0.332 e. The van der Waals surface area contributed by atoms with Crippen LogP contribution in [0, 0.1) is 0 Å². The number of aliphatic hydroxyl groups is 1. The van der Waals surface area contributed by atoms with Gasteiger partial charge in [-0.3, -0.25) is 18.5 Å². The molecule has 0 radical (unpaired) electrons. The fourth-order valence-corrected chi connectivity index (χ4v) is 2.88. The molecule has 1 N–H and O–H groups in total. The number of fused-ring (bicyclic) bond motifs is 3. The van der Waals surface area contributed by atoms with Crippen molar-refractivity contribution >= 4 is 22.8 Å². The Morgan fingerprint density at radius 1 is 1.38 bits per heavy atom. The van der Waals surface area contributed by atoms with E-state index in [1.807, 2.05) is 6.92 Å². The molecule has 3 rings (SSSR count). The Kier molecular flexibility index (Phi) is 4.10. The van der Waals surface area contributed by atoms with Crippen LogP contribution in [0.15, 0.2) is 27.3 Å². The molecular formula is C15H20N6O3. The lowest BCUT2D eigenvalue weighted by atomic mass is 10.3. The van der Waals surface area contributed by atoms with E-state index >= 15 is 0 Å². The summed E-state index contributed by atoms with van der Waals surface area (Å²) in [5.41, 5.74) is 0.714. The van der Waals surface area contributed by atoms with Crippen molar-refractivity contribution in [3.8, 4) is 0 Å². The molecule has 2 aromatic rings. The topological polar surface area (TPSA) is 97.7 Å². The van der Waals surface area contributed by atoms with Crippen molar-refractivity contribution in [2.45, 2.75) is 26.4 Å². The van der Waals surface area contributed by atoms with E-state index in [1.165, 1.54) is 10.6 Å². The van der Waals surface area contributed by atoms with Gasteiger partial charge in [0.05, 0.1) is 12.3 Å². The zero-order valence-corrected chi connectivity index (χ0v) is 13.8. The Morgan fingerprint density at radius 2 is 2.12 bits per heavy atom. The molecule has 9 nitrogen and oxygen atoms in total. The molecule has 0 atom stereocenters. The predicted octanol–water partition coefficient (Wildman–Crippen LogP) is -0.339. The number of aryl methyl sites for hydroxylation is 1. The summed E-state index contributed by atoms with van der Waals surface area (Å²) >= 11 is 0. The first-order valence-corrected chi connectivity index (χ1v) is 7.73. The molecule has 1 aliphatic rings. The van der Waals surface area contributed by atoms with Gasteiger partial charge in [-0.05, 0) is 13.3 Å². The quantitative estimate of drug-likeness (QED) is 0.756. The summed E-state index contributed by atoms with van der Waals surface area (Å²) in [6, 6.07) is 0. The van der Waals surface area contributed by atoms with Gasteiger partial charge in [-0.1, -0.05) is 6.08 Å². The van der Waals surface area contributed by atoms with Crippen molar-refractivity contribution in [3.63, 3.8) is 0 Å². The second kappa shape index (κ2) is 6.08. The molecule has 24 heavy (non-hydrogen) atoms. The largest absolute Gasteiger partial charge is 0.396 e. The van der Waals surface area contributed by atoms with Crippen LogP contribution in [0.4, 0.5) is 5.95 Å². The van der Waals surface area contributed by atoms with Crippen molar-refractivity contribution < 1.29 is 5.11 Å². The summed E-state index contributed by atoms with van der Waals surface area (Å²) in [5.74, 6) is 0.507. The number of allylic oxidation sites excluding steroid dienone is 1. The summed E-state index contributed by atoms with van der Waals surface area (Å²) in [6.45, 7) is 6.56. The van der Waals surface area contributed by atoms with Crippen molar-refractivity contribution in [1.29, 1.82) is 0 Å². The van der Waals surface area contributed by atoms with E-state index in [0.29, 0.717) is 36.6 Å². The van der Waals surface area contributed by atoms with Gasteiger partial charge in [0.2, 0.25) is 5.95 Å². The molecule has 3 heterocycles. The smallest absolute Gasteiger partial charge is 0.332 e. The van der Waals surface area contributed by atoms with Crippen LogP contribution in [0.5, 0.6) is 0 Å². The number of hydrogen-bond donors (Lipinski definition) is 1. The highest BCUT2D eigenvalue weighted by molar-refractivity contribution is 5.87. The van der Waals surface area contributed by atoms with Crippen molar-refractivity contribution in [2.75, 3.05) is 18.2 Å². The summed E-state index contributed by atoms with van der Waals surface area (Å²) in [7, 11) is 1.59. The van der Waals surface area contributed by atoms with Crippen LogP contribution < -0.4 is 16.3 Å². The Balaban J connectivity index is 2.30. The van der Waals surface area contributed by atoms with Crippen LogP contribution in [-0.2, 0) is 20.1 Å². The highest BCUT2D eigenvalue weighted by Crippen LogP contribution is 2.23. The molecular weight excluding hydrogens is 312 g/mol. The number of aromatic nitrogens is 4. The summed E-state index contributed by atoms with van der Waals surface area (Å²) < 4.78 is 4.28. The van der Waals surface area contributed by atoms with Gasteiger partial charge in [-0.2, -0.15) is 10.1 Å². The third-order valence-corrected chi connectivity index (χ3v) is 3.96. The molecule has 128 valence electrons. The molecule has 0 bridgehead atoms. The van der Waals surface area contributed by atoms with Crippen molar-refractivity contribution in [2.24, 2.45) is 12.1 Å². The highest BCUT2D eigenvalue weighted by atomic mass is 16.3. The van der Waals surface area contributed by atoms with E-state index in [1.54, 1.807) is 16.6 Å². The number of hydrogen-bond acceptors (Lipinski definition) is 6. The van der Waals surface area contributed by atoms with Crippen molar-refractivity contribution in [1.82, 2.24) is 18.7 Å². The highest BCUT2D eigenvalue weighted by Gasteiger charge is 2.26. The maximum atomic E-state index is 12.8. The standard InChI is InChI=1S/C15H20N6O3/c1-4-6-19-13(23)11-12(18(3)15(19)24)16-14-20(11)9-10(2)17-21(14)7-5-8-22/h4,22H,1,5-9H2,2-3H3. The third kappa shape index (κ3) is 2.37. The first-order chi connectivity index (χ1) is 11.5. The Bertz CT molecular complexity index is 949. The summed E-state index contributed by atoms with van der Waals surface area (Å²) in [5, 5.41) is 15.2. The van der Waals surface area contributed by atoms with E-state index in [4.69, 9.17) is 5.11 Å². The van der Waals surface area contributed by atoms with E-state index < -0.39 is 5.69 Å². The van der Waals surface area contributed by atoms with E-state index in [0.717, 1.165) is 10.3 Å². The minimum Gasteiger partial charge on any atom is -0.396 e. The number of rotatable bonds is 5. The lowest BCUT2D eigenvalue weighted by molar-refractivity contribution is 0.289. The van der Waals surface area contributed by atoms with Gasteiger partial charge in [0.1, 0.15) is 0 Å². The van der Waals surface area contributed by atoms with Crippen LogP contribution in [0.1, 0.15) is 13.3 Å². The molecule has 0 saturated carbocycles. The first kappa shape index (κ1) is 16.2. The fraction of sp³-hybridized carbons (Fsp3) is 0.467. The minimum atomic E-state index is -0.428. The average molecular weight is 332 g/mol. The SMILES string of the molecule is C=CCn1c(=O)c2c(nc3n2CC(C)=NN3CCCO)n(C)c1=O. The van der Waals surface area contributed by atoms with Gasteiger partial charge in [0.15, 0.2) is 11.2 Å². The average Bonchev–Trinajstić information content (AvgIpc) is 2.94. The second-order valence-electron chi connectivity index (χ2n) is 5.75. The molecule has 0 saturated heterocycles. The second-order valence-corrected chi connectivity index (χ2v) is 5.75. The number of anilines is 1. The monoisotopic (exact) mass is 332 g/mol. The number of imidazole rings is 1. The Hall–Kier alpha value is -2.68. The van der Waals surface area contributed by atoms with Crippen LogP contribution in [0.25, 0.3) is 11.2 Å². The van der Waals surface area contributed by atoms with Crippen LogP contribution in [0.3, 0.4) is 0 Å². The number of nitrogens with zero attached hydrogens (tertiary/aromatic N) is 6. The van der Waals surface area contributed by atoms with E-state index in [-0.39, 0.29) is 18.7 Å². The molecule has 0 amide bonds. The fourth-order valence-electron chi connectivity index (χ4n) is 2.88. The zero-order chi connectivity index (χ0) is 17.4. The predicted molar refractivity (Wildman–Crippen MR) is 91.6 cm³/mol. The van der Waals surface area contributed by atoms with Gasteiger partial charge in [-0.15, -0.1) is 6.58 Å². The van der Waals surface area contributed by atoms with E-state index in [9.17, 15) is 9.59 Å². The summed E-state index contributed by atoms with van der Waals surface area (Å²) in [4.78, 5) is 29.6. The number of hydrazone groups is 1. The molecule has 0 fully saturated rings. The normalized spacial score (nSPS) is 14.0. The van der Waals surface area contributed by atoms with Crippen LogP contribution in [-0.4, -0.2) is 42.7 Å². The lowest BCUT2D eigenvalue weighted by Gasteiger charge is -2.24. The molecule has 0 unspecified atom stereocenters. The zero-order valence-electron chi connectivity index (χ0n) is 13.8. The Labute approximate surface area is 137 Å². The van der Waals surface area contributed by atoms with Crippen molar-refractivity contribution in [3.05, 3.63) is 33.5 Å². The molecule has 1 aliphatic heterocycles. The van der Waals surface area contributed by atoms with Gasteiger partial charge >= 0.3 is 5.69 Å². The van der Waals surface area contributed by atoms with E-state index in [2.05, 4.69) is 16.7 Å². The summed E-state index contributed by atoms with van der Waals surface area (Å²) in [6.07, 6.45) is 2.04. The first-order valence-electron chi connectivity index (χ1n) is 7.73. The third-order valence-electron chi connectivity index (χ3n) is 3.96. The Morgan fingerprint density at radius 3 is 2.79 bits per heavy atom. The van der Waals surface area contributed by atoms with Crippen LogP contribution in [0.2, 0.25) is 0 Å².